The van der Waals surface area contributed by atoms with Crippen molar-refractivity contribution in [3.05, 3.63) is 277 Å². The summed E-state index contributed by atoms with van der Waals surface area (Å²) in [7, 11) is 0. The summed E-state index contributed by atoms with van der Waals surface area (Å²) in [6, 6.07) is 86.6. The van der Waals surface area contributed by atoms with Gasteiger partial charge in [0.2, 0.25) is 0 Å². The minimum atomic E-state index is 1.20. The van der Waals surface area contributed by atoms with Gasteiger partial charge in [0.05, 0.1) is 0 Å². The number of fused-ring (bicyclic) bond motifs is 10. The molecule has 0 aromatic heterocycles. The number of hydrogen-bond acceptors (Lipinski definition) is 0. The van der Waals surface area contributed by atoms with Gasteiger partial charge in [0.1, 0.15) is 0 Å². The van der Waals surface area contributed by atoms with Crippen LogP contribution in [0.25, 0.3) is 142 Å². The standard InChI is InChI=1S/C76H54/c1-5-7-22-47(3)48(4)69(58(6-2)52-25-13-9-14-26-52)57-41-42-60-62-34-21-35-63-72(62)66(65(60)45-57)46-68-70(53-27-15-10-16-28-53)75-64-36-20-33-61-59-32-18-17-29-55(59)44-67(73(61)64)76(75)71(74(63)68)56-31-19-30-54(43-56)51-39-37-50(38-40-51)49-23-11-8-12-24-49/h5-46H,1-4H3/b7-5-,47-22+,58-6-,69-48+. The Hall–Kier alpha value is -9.36. The molecular weight excluding hydrogens is 913 g/mol. The van der Waals surface area contributed by atoms with Crippen LogP contribution in [0.3, 0.4) is 0 Å². The van der Waals surface area contributed by atoms with Crippen molar-refractivity contribution >= 4 is 97.3 Å². The Morgan fingerprint density at radius 3 is 1.59 bits per heavy atom. The first-order chi connectivity index (χ1) is 37.5. The van der Waals surface area contributed by atoms with Gasteiger partial charge in [0.25, 0.3) is 0 Å². The molecule has 0 heterocycles. The molecular formula is C76H54. The van der Waals surface area contributed by atoms with E-state index in [1.807, 2.05) is 0 Å². The largest absolute Gasteiger partial charge is 0.0877 e. The topological polar surface area (TPSA) is 0 Å². The fourth-order valence-corrected chi connectivity index (χ4v) is 12.9. The van der Waals surface area contributed by atoms with Crippen LogP contribution in [0.5, 0.6) is 0 Å². The van der Waals surface area contributed by atoms with Crippen molar-refractivity contribution in [1.29, 1.82) is 0 Å². The van der Waals surface area contributed by atoms with Gasteiger partial charge in [-0.1, -0.05) is 231 Å². The van der Waals surface area contributed by atoms with Gasteiger partial charge in [-0.15, -0.1) is 0 Å². The van der Waals surface area contributed by atoms with Gasteiger partial charge >= 0.3 is 0 Å². The van der Waals surface area contributed by atoms with E-state index in [1.165, 1.54) is 164 Å². The molecule has 0 unspecified atom stereocenters. The van der Waals surface area contributed by atoms with Gasteiger partial charge in [0.15, 0.2) is 0 Å². The predicted molar refractivity (Wildman–Crippen MR) is 332 cm³/mol. The summed E-state index contributed by atoms with van der Waals surface area (Å²) < 4.78 is 0. The number of benzene rings is 12. The maximum absolute atomic E-state index is 2.58. The lowest BCUT2D eigenvalue weighted by Gasteiger charge is -2.20. The second kappa shape index (κ2) is 18.2. The van der Waals surface area contributed by atoms with Gasteiger partial charge in [-0.2, -0.15) is 0 Å². The zero-order valence-electron chi connectivity index (χ0n) is 43.2. The Morgan fingerprint density at radius 2 is 0.868 bits per heavy atom. The Morgan fingerprint density at radius 1 is 0.316 bits per heavy atom. The summed E-state index contributed by atoms with van der Waals surface area (Å²) in [4.78, 5) is 0. The molecule has 0 radical (unpaired) electrons. The third-order valence-corrected chi connectivity index (χ3v) is 16.4. The van der Waals surface area contributed by atoms with Crippen LogP contribution in [-0.4, -0.2) is 0 Å². The van der Waals surface area contributed by atoms with Crippen LogP contribution in [0.4, 0.5) is 0 Å². The highest BCUT2D eigenvalue weighted by atomic mass is 14.3. The molecule has 14 aromatic rings. The second-order valence-corrected chi connectivity index (χ2v) is 20.5. The van der Waals surface area contributed by atoms with Gasteiger partial charge in [-0.25, -0.2) is 0 Å². The van der Waals surface area contributed by atoms with Crippen LogP contribution in [-0.2, 0) is 0 Å². The lowest BCUT2D eigenvalue weighted by atomic mass is 9.83. The van der Waals surface area contributed by atoms with E-state index in [0.717, 1.165) is 0 Å². The first-order valence-electron chi connectivity index (χ1n) is 26.7. The van der Waals surface area contributed by atoms with Crippen molar-refractivity contribution in [3.63, 3.8) is 0 Å². The molecule has 0 fully saturated rings. The quantitative estimate of drug-likeness (QED) is 0.0999. The molecule has 0 saturated carbocycles. The van der Waals surface area contributed by atoms with E-state index in [1.54, 1.807) is 0 Å². The Kier molecular flexibility index (Phi) is 10.9. The molecule has 0 atom stereocenters. The lowest BCUT2D eigenvalue weighted by molar-refractivity contribution is 1.35. The van der Waals surface area contributed by atoms with E-state index in [2.05, 4.69) is 283 Å². The van der Waals surface area contributed by atoms with Crippen molar-refractivity contribution in [2.24, 2.45) is 0 Å². The molecule has 0 aliphatic rings. The summed E-state index contributed by atoms with van der Waals surface area (Å²) in [6.45, 7) is 8.79. The summed E-state index contributed by atoms with van der Waals surface area (Å²) in [5.74, 6) is 0. The molecule has 0 saturated heterocycles. The maximum atomic E-state index is 2.58. The molecule has 0 bridgehead atoms. The highest BCUT2D eigenvalue weighted by Crippen LogP contribution is 2.56. The molecule has 0 aliphatic carbocycles. The van der Waals surface area contributed by atoms with Crippen molar-refractivity contribution in [1.82, 2.24) is 0 Å². The average molecular weight is 967 g/mol. The number of hydrogen-bond donors (Lipinski definition) is 0. The molecule has 0 nitrogen and oxygen atoms in total. The van der Waals surface area contributed by atoms with E-state index in [-0.39, 0.29) is 0 Å². The molecule has 0 spiro atoms. The molecule has 14 rings (SSSR count). The van der Waals surface area contributed by atoms with Gasteiger partial charge in [-0.05, 0) is 216 Å². The molecule has 0 N–H and O–H groups in total. The maximum Gasteiger partial charge on any atom is -0.000697 e. The SMILES string of the molecule is C\C=C/C=C(C)/C(C)=C(/C(=C\C)c1ccccc1)c1ccc2c(c1)c1cc3c(-c4ccccc4)c4c5cccc6c7ccccc7cc(c4c(-c4cccc(-c7ccc(-c8ccccc8)cc7)c4)c3c3cccc2c13)c65. The number of rotatable bonds is 9. The summed E-state index contributed by atoms with van der Waals surface area (Å²) in [6.07, 6.45) is 8.78. The van der Waals surface area contributed by atoms with E-state index in [4.69, 9.17) is 0 Å². The Labute approximate surface area is 444 Å². The Balaban J connectivity index is 1.13. The van der Waals surface area contributed by atoms with Crippen molar-refractivity contribution < 1.29 is 0 Å². The average Bonchev–Trinajstić information content (AvgIpc) is 4.01. The molecule has 0 aliphatic heterocycles. The molecule has 76 heavy (non-hydrogen) atoms. The van der Waals surface area contributed by atoms with Gasteiger partial charge in [0, 0.05) is 0 Å². The van der Waals surface area contributed by atoms with Crippen LogP contribution in [0.2, 0.25) is 0 Å². The van der Waals surface area contributed by atoms with Crippen LogP contribution < -0.4 is 0 Å². The zero-order valence-corrected chi connectivity index (χ0v) is 43.2. The first kappa shape index (κ1) is 45.3. The summed E-state index contributed by atoms with van der Waals surface area (Å²) >= 11 is 0. The van der Waals surface area contributed by atoms with Crippen LogP contribution in [0.15, 0.2) is 266 Å². The van der Waals surface area contributed by atoms with Crippen molar-refractivity contribution in [2.75, 3.05) is 0 Å². The molecule has 0 amide bonds. The van der Waals surface area contributed by atoms with E-state index in [0.29, 0.717) is 0 Å². The second-order valence-electron chi connectivity index (χ2n) is 20.5. The van der Waals surface area contributed by atoms with Crippen LogP contribution >= 0.6 is 0 Å². The third-order valence-electron chi connectivity index (χ3n) is 16.4. The summed E-state index contributed by atoms with van der Waals surface area (Å²) in [5.41, 5.74) is 17.2. The van der Waals surface area contributed by atoms with Crippen molar-refractivity contribution in [3.8, 4) is 44.5 Å². The van der Waals surface area contributed by atoms with E-state index in [9.17, 15) is 0 Å². The minimum Gasteiger partial charge on any atom is -0.0877 e. The Bertz CT molecular complexity index is 4720. The predicted octanol–water partition coefficient (Wildman–Crippen LogP) is 21.9. The van der Waals surface area contributed by atoms with Crippen LogP contribution in [0.1, 0.15) is 38.8 Å². The normalized spacial score (nSPS) is 13.1. The summed E-state index contributed by atoms with van der Waals surface area (Å²) in [5, 5.41) is 20.6. The lowest BCUT2D eigenvalue weighted by Crippen LogP contribution is -1.96. The monoisotopic (exact) mass is 966 g/mol. The number of allylic oxidation sites excluding steroid dienone is 8. The molecule has 0 heteroatoms. The first-order valence-corrected chi connectivity index (χ1v) is 26.7. The van der Waals surface area contributed by atoms with Gasteiger partial charge in [-0.3, -0.25) is 0 Å². The highest BCUT2D eigenvalue weighted by molar-refractivity contribution is 6.46. The third kappa shape index (κ3) is 7.05. The van der Waals surface area contributed by atoms with Crippen molar-refractivity contribution in [2.45, 2.75) is 27.7 Å². The smallest absolute Gasteiger partial charge is 0.000697 e. The highest BCUT2D eigenvalue weighted by Gasteiger charge is 2.28. The van der Waals surface area contributed by atoms with Crippen LogP contribution in [0, 0.1) is 0 Å². The van der Waals surface area contributed by atoms with E-state index >= 15 is 0 Å². The molecule has 358 valence electrons. The fourth-order valence-electron chi connectivity index (χ4n) is 12.9. The molecule has 14 aromatic carbocycles. The van der Waals surface area contributed by atoms with E-state index < -0.39 is 0 Å². The minimum absolute atomic E-state index is 1.20. The van der Waals surface area contributed by atoms with Gasteiger partial charge < -0.3 is 0 Å². The zero-order chi connectivity index (χ0) is 51.0. The fraction of sp³-hybridized carbons (Fsp3) is 0.0526.